The molecule has 31 heavy (non-hydrogen) atoms. The lowest BCUT2D eigenvalue weighted by molar-refractivity contribution is -0.148. The van der Waals surface area contributed by atoms with Crippen LogP contribution >= 0.6 is 0 Å². The van der Waals surface area contributed by atoms with Gasteiger partial charge in [-0.05, 0) is 49.1 Å². The fraction of sp³-hybridized carbons (Fsp3) is 0.435. The van der Waals surface area contributed by atoms with Crippen LogP contribution in [0.4, 0.5) is 11.6 Å². The third kappa shape index (κ3) is 6.60. The average Bonchev–Trinajstić information content (AvgIpc) is 2.78. The quantitative estimate of drug-likeness (QED) is 0.513. The number of ether oxygens (including phenoxy) is 1. The summed E-state index contributed by atoms with van der Waals surface area (Å²) in [7, 11) is 0. The molecule has 0 radical (unpaired) electrons. The molecule has 3 rings (SSSR count). The van der Waals surface area contributed by atoms with Crippen LogP contribution in [0, 0.1) is 11.8 Å². The number of ketones is 1. The van der Waals surface area contributed by atoms with Gasteiger partial charge in [0.2, 0.25) is 11.9 Å². The summed E-state index contributed by atoms with van der Waals surface area (Å²) in [5.74, 6) is 0.0186. The molecule has 0 unspecified atom stereocenters. The zero-order valence-electron chi connectivity index (χ0n) is 17.9. The molecule has 164 valence electrons. The van der Waals surface area contributed by atoms with Crippen molar-refractivity contribution in [2.45, 2.75) is 33.1 Å². The molecule has 2 aromatic rings. The zero-order chi connectivity index (χ0) is 22.2. The van der Waals surface area contributed by atoms with Gasteiger partial charge in [0.05, 0.1) is 5.92 Å². The largest absolute Gasteiger partial charge is 0.457 e. The molecule has 1 aliphatic rings. The molecule has 1 aromatic heterocycles. The summed E-state index contributed by atoms with van der Waals surface area (Å²) in [5.41, 5.74) is 1.07. The van der Waals surface area contributed by atoms with Gasteiger partial charge in [0.1, 0.15) is 0 Å². The molecule has 0 aliphatic carbocycles. The number of nitrogens with one attached hydrogen (secondary N) is 1. The number of anilines is 2. The van der Waals surface area contributed by atoms with Crippen molar-refractivity contribution in [1.82, 2.24) is 9.97 Å². The van der Waals surface area contributed by atoms with E-state index in [1.54, 1.807) is 42.7 Å². The molecule has 2 heterocycles. The van der Waals surface area contributed by atoms with Crippen molar-refractivity contribution in [3.63, 3.8) is 0 Å². The van der Waals surface area contributed by atoms with Gasteiger partial charge in [-0.25, -0.2) is 9.97 Å². The Balaban J connectivity index is 1.43. The summed E-state index contributed by atoms with van der Waals surface area (Å²) in [6.45, 7) is 5.00. The summed E-state index contributed by atoms with van der Waals surface area (Å²) < 4.78 is 5.27. The Morgan fingerprint density at radius 3 is 2.35 bits per heavy atom. The van der Waals surface area contributed by atoms with E-state index < -0.39 is 0 Å². The zero-order valence-corrected chi connectivity index (χ0v) is 17.9. The highest BCUT2D eigenvalue weighted by Gasteiger charge is 2.27. The molecule has 0 saturated carbocycles. The number of benzene rings is 1. The predicted molar refractivity (Wildman–Crippen MR) is 117 cm³/mol. The van der Waals surface area contributed by atoms with Crippen molar-refractivity contribution in [2.24, 2.45) is 11.8 Å². The molecule has 8 nitrogen and oxygen atoms in total. The molecule has 1 aliphatic heterocycles. The van der Waals surface area contributed by atoms with Crippen LogP contribution in [-0.4, -0.2) is 47.3 Å². The number of carbonyl (C=O) groups is 3. The number of amides is 1. The first-order valence-electron chi connectivity index (χ1n) is 10.5. The number of carbonyl (C=O) groups excluding carboxylic acids is 3. The van der Waals surface area contributed by atoms with Gasteiger partial charge in [0.25, 0.3) is 0 Å². The topological polar surface area (TPSA) is 101 Å². The maximum Gasteiger partial charge on any atom is 0.309 e. The van der Waals surface area contributed by atoms with Gasteiger partial charge in [0.15, 0.2) is 12.4 Å². The normalized spacial score (nSPS) is 14.4. The molecule has 1 fully saturated rings. The first-order valence-corrected chi connectivity index (χ1v) is 10.5. The van der Waals surface area contributed by atoms with E-state index in [-0.39, 0.29) is 36.1 Å². The van der Waals surface area contributed by atoms with E-state index in [0.717, 1.165) is 0 Å². The number of nitrogens with zero attached hydrogens (tertiary/aromatic N) is 3. The monoisotopic (exact) mass is 424 g/mol. The first kappa shape index (κ1) is 22.4. The third-order valence-corrected chi connectivity index (χ3v) is 5.09. The SMILES string of the molecule is CC(C)CC(=O)Nc1ccc(C(=O)COC(=O)C2CCN(c3ncccn3)CC2)cc1. The maximum absolute atomic E-state index is 12.4. The van der Waals surface area contributed by atoms with Crippen LogP contribution < -0.4 is 10.2 Å². The van der Waals surface area contributed by atoms with E-state index in [4.69, 9.17) is 4.74 Å². The number of esters is 1. The van der Waals surface area contributed by atoms with Gasteiger partial charge in [-0.1, -0.05) is 13.8 Å². The molecular formula is C23H28N4O4. The minimum Gasteiger partial charge on any atom is -0.457 e. The average molecular weight is 425 g/mol. The van der Waals surface area contributed by atoms with E-state index in [9.17, 15) is 14.4 Å². The van der Waals surface area contributed by atoms with E-state index >= 15 is 0 Å². The molecule has 0 atom stereocenters. The smallest absolute Gasteiger partial charge is 0.309 e. The highest BCUT2D eigenvalue weighted by atomic mass is 16.5. The summed E-state index contributed by atoms with van der Waals surface area (Å²) in [6.07, 6.45) is 5.10. The fourth-order valence-electron chi connectivity index (χ4n) is 3.43. The first-order chi connectivity index (χ1) is 14.9. The maximum atomic E-state index is 12.4. The minimum absolute atomic E-state index is 0.0621. The van der Waals surface area contributed by atoms with Crippen molar-refractivity contribution in [3.8, 4) is 0 Å². The van der Waals surface area contributed by atoms with Gasteiger partial charge in [-0.2, -0.15) is 0 Å². The van der Waals surface area contributed by atoms with E-state index in [1.165, 1.54) is 0 Å². The Bertz CT molecular complexity index is 892. The van der Waals surface area contributed by atoms with Crippen molar-refractivity contribution >= 4 is 29.3 Å². The summed E-state index contributed by atoms with van der Waals surface area (Å²) in [5, 5.41) is 2.80. The number of aromatic nitrogens is 2. The Kier molecular flexibility index (Phi) is 7.70. The second-order valence-electron chi connectivity index (χ2n) is 8.06. The number of Topliss-reactive ketones (excluding diaryl/α,β-unsaturated/α-hetero) is 1. The standard InChI is InChI=1S/C23H28N4O4/c1-16(2)14-21(29)26-19-6-4-17(5-7-19)20(28)15-31-22(30)18-8-12-27(13-9-18)23-24-10-3-11-25-23/h3-7,10-11,16,18H,8-9,12-15H2,1-2H3,(H,26,29). The molecule has 0 bridgehead atoms. The van der Waals surface area contributed by atoms with Gasteiger partial charge in [-0.15, -0.1) is 0 Å². The fourth-order valence-corrected chi connectivity index (χ4v) is 3.43. The predicted octanol–water partition coefficient (Wildman–Crippen LogP) is 3.10. The minimum atomic E-state index is -0.348. The van der Waals surface area contributed by atoms with Gasteiger partial charge >= 0.3 is 5.97 Å². The van der Waals surface area contributed by atoms with E-state index in [2.05, 4.69) is 15.3 Å². The Hall–Kier alpha value is -3.29. The number of hydrogen-bond donors (Lipinski definition) is 1. The number of hydrogen-bond acceptors (Lipinski definition) is 7. The molecule has 1 aromatic carbocycles. The van der Waals surface area contributed by atoms with Crippen molar-refractivity contribution < 1.29 is 19.1 Å². The molecule has 1 N–H and O–H groups in total. The Morgan fingerprint density at radius 1 is 1.10 bits per heavy atom. The van der Waals surface area contributed by atoms with Crippen LogP contribution in [0.1, 0.15) is 43.5 Å². The molecular weight excluding hydrogens is 396 g/mol. The lowest BCUT2D eigenvalue weighted by Gasteiger charge is -2.30. The van der Waals surface area contributed by atoms with E-state index in [0.29, 0.717) is 49.6 Å². The van der Waals surface area contributed by atoms with Gasteiger partial charge < -0.3 is 15.0 Å². The van der Waals surface area contributed by atoms with E-state index in [1.807, 2.05) is 18.7 Å². The second kappa shape index (κ2) is 10.7. The van der Waals surface area contributed by atoms with Crippen LogP contribution in [0.15, 0.2) is 42.7 Å². The molecule has 1 saturated heterocycles. The highest BCUT2D eigenvalue weighted by molar-refractivity contribution is 5.99. The highest BCUT2D eigenvalue weighted by Crippen LogP contribution is 2.21. The Morgan fingerprint density at radius 2 is 1.74 bits per heavy atom. The Labute approximate surface area is 182 Å². The van der Waals surface area contributed by atoms with Gasteiger partial charge in [-0.3, -0.25) is 14.4 Å². The molecule has 8 heteroatoms. The summed E-state index contributed by atoms with van der Waals surface area (Å²) in [4.78, 5) is 47.1. The van der Waals surface area contributed by atoms with Crippen LogP contribution in [0.25, 0.3) is 0 Å². The number of piperidine rings is 1. The molecule has 1 amide bonds. The van der Waals surface area contributed by atoms with Crippen LogP contribution in [0.2, 0.25) is 0 Å². The van der Waals surface area contributed by atoms with Crippen molar-refractivity contribution in [2.75, 3.05) is 29.9 Å². The second-order valence-corrected chi connectivity index (χ2v) is 8.06. The van der Waals surface area contributed by atoms with Crippen molar-refractivity contribution in [3.05, 3.63) is 48.3 Å². The third-order valence-electron chi connectivity index (χ3n) is 5.09. The van der Waals surface area contributed by atoms with Crippen LogP contribution in [0.3, 0.4) is 0 Å². The number of rotatable bonds is 8. The van der Waals surface area contributed by atoms with Gasteiger partial charge in [0, 0.05) is 43.2 Å². The van der Waals surface area contributed by atoms with Crippen LogP contribution in [-0.2, 0) is 14.3 Å². The summed E-state index contributed by atoms with van der Waals surface area (Å²) in [6, 6.07) is 8.36. The lowest BCUT2D eigenvalue weighted by atomic mass is 9.97. The summed E-state index contributed by atoms with van der Waals surface area (Å²) >= 11 is 0. The van der Waals surface area contributed by atoms with Crippen molar-refractivity contribution in [1.29, 1.82) is 0 Å². The molecule has 0 spiro atoms. The van der Waals surface area contributed by atoms with Crippen LogP contribution in [0.5, 0.6) is 0 Å². The lowest BCUT2D eigenvalue weighted by Crippen LogP contribution is -2.38.